The zero-order valence-corrected chi connectivity index (χ0v) is 12.5. The van der Waals surface area contributed by atoms with Gasteiger partial charge in [-0.25, -0.2) is 0 Å². The van der Waals surface area contributed by atoms with E-state index < -0.39 is 0 Å². The van der Waals surface area contributed by atoms with Crippen molar-refractivity contribution in [2.45, 2.75) is 38.9 Å². The third-order valence-electron chi connectivity index (χ3n) is 3.30. The van der Waals surface area contributed by atoms with E-state index in [2.05, 4.69) is 36.5 Å². The summed E-state index contributed by atoms with van der Waals surface area (Å²) in [7, 11) is 2.15. The van der Waals surface area contributed by atoms with Crippen molar-refractivity contribution in [1.29, 1.82) is 0 Å². The highest BCUT2D eigenvalue weighted by Gasteiger charge is 2.21. The van der Waals surface area contributed by atoms with Crippen LogP contribution in [0.3, 0.4) is 0 Å². The third kappa shape index (κ3) is 4.34. The van der Waals surface area contributed by atoms with Gasteiger partial charge in [0, 0.05) is 18.3 Å². The van der Waals surface area contributed by atoms with Crippen molar-refractivity contribution >= 4 is 11.8 Å². The molecule has 2 rings (SSSR count). The van der Waals surface area contributed by atoms with E-state index in [0.29, 0.717) is 0 Å². The molecular weight excluding hydrogens is 244 g/mol. The summed E-state index contributed by atoms with van der Waals surface area (Å²) in [6.45, 7) is 5.03. The molecule has 1 saturated carbocycles. The Labute approximate surface area is 114 Å². The highest BCUT2D eigenvalue weighted by atomic mass is 32.2. The van der Waals surface area contributed by atoms with Crippen LogP contribution in [0, 0.1) is 6.92 Å². The van der Waals surface area contributed by atoms with Crippen LogP contribution in [-0.4, -0.2) is 36.5 Å². The summed E-state index contributed by atoms with van der Waals surface area (Å²) < 4.78 is 5.93. The Morgan fingerprint density at radius 1 is 1.50 bits per heavy atom. The van der Waals surface area contributed by atoms with Crippen LogP contribution in [0.4, 0.5) is 0 Å². The van der Waals surface area contributed by atoms with Crippen molar-refractivity contribution in [1.82, 2.24) is 10.2 Å². The first-order chi connectivity index (χ1) is 8.69. The third-order valence-corrected chi connectivity index (χ3v) is 3.89. The Morgan fingerprint density at radius 2 is 2.28 bits per heavy atom. The van der Waals surface area contributed by atoms with E-state index in [1.165, 1.54) is 24.2 Å². The van der Waals surface area contributed by atoms with E-state index in [9.17, 15) is 0 Å². The van der Waals surface area contributed by atoms with Gasteiger partial charge in [-0.2, -0.15) is 11.8 Å². The number of hydrogen-bond acceptors (Lipinski definition) is 4. The zero-order valence-electron chi connectivity index (χ0n) is 11.7. The average molecular weight is 268 g/mol. The number of thioether (sulfide) groups is 1. The van der Waals surface area contributed by atoms with E-state index in [-0.39, 0.29) is 0 Å². The molecule has 0 aromatic carbocycles. The molecule has 1 aromatic heterocycles. The van der Waals surface area contributed by atoms with Gasteiger partial charge < -0.3 is 9.73 Å². The molecule has 1 fully saturated rings. The highest BCUT2D eigenvalue weighted by Crippen LogP contribution is 2.21. The fraction of sp³-hybridized carbons (Fsp3) is 0.714. The van der Waals surface area contributed by atoms with Crippen molar-refractivity contribution < 1.29 is 4.42 Å². The molecule has 1 aliphatic carbocycles. The van der Waals surface area contributed by atoms with E-state index >= 15 is 0 Å². The van der Waals surface area contributed by atoms with Crippen molar-refractivity contribution in [3.8, 4) is 0 Å². The second-order valence-corrected chi connectivity index (χ2v) is 6.19. The van der Waals surface area contributed by atoms with Gasteiger partial charge in [0.1, 0.15) is 11.5 Å². The van der Waals surface area contributed by atoms with Crippen LogP contribution >= 0.6 is 11.8 Å². The van der Waals surface area contributed by atoms with Crippen LogP contribution < -0.4 is 5.32 Å². The molecule has 0 bridgehead atoms. The van der Waals surface area contributed by atoms with Gasteiger partial charge in [0.2, 0.25) is 0 Å². The number of furan rings is 1. The molecule has 3 nitrogen and oxygen atoms in total. The molecule has 1 aromatic rings. The van der Waals surface area contributed by atoms with Crippen LogP contribution in [0.1, 0.15) is 29.9 Å². The first-order valence-electron chi connectivity index (χ1n) is 6.68. The quantitative estimate of drug-likeness (QED) is 0.784. The monoisotopic (exact) mass is 268 g/mol. The predicted molar refractivity (Wildman–Crippen MR) is 78.0 cm³/mol. The first kappa shape index (κ1) is 14.0. The Hall–Kier alpha value is -0.450. The fourth-order valence-electron chi connectivity index (χ4n) is 1.96. The first-order valence-corrected chi connectivity index (χ1v) is 8.07. The number of nitrogens with zero attached hydrogens (tertiary/aromatic N) is 1. The molecule has 4 heteroatoms. The van der Waals surface area contributed by atoms with Crippen LogP contribution in [0.15, 0.2) is 10.5 Å². The minimum absolute atomic E-state index is 0.738. The highest BCUT2D eigenvalue weighted by molar-refractivity contribution is 7.98. The average Bonchev–Trinajstić information content (AvgIpc) is 3.10. The van der Waals surface area contributed by atoms with Gasteiger partial charge in [-0.1, -0.05) is 0 Å². The lowest BCUT2D eigenvalue weighted by Crippen LogP contribution is -2.20. The summed E-state index contributed by atoms with van der Waals surface area (Å²) in [5, 5.41) is 3.50. The summed E-state index contributed by atoms with van der Waals surface area (Å²) in [5.74, 6) is 3.37. The topological polar surface area (TPSA) is 28.4 Å². The largest absolute Gasteiger partial charge is 0.463 e. The van der Waals surface area contributed by atoms with Gasteiger partial charge >= 0.3 is 0 Å². The number of rotatable bonds is 8. The second kappa shape index (κ2) is 6.64. The minimum Gasteiger partial charge on any atom is -0.463 e. The minimum atomic E-state index is 0.738. The molecule has 18 heavy (non-hydrogen) atoms. The fourth-order valence-corrected chi connectivity index (χ4v) is 2.45. The summed E-state index contributed by atoms with van der Waals surface area (Å²) in [4.78, 5) is 2.31. The van der Waals surface area contributed by atoms with Crippen molar-refractivity contribution in [2.24, 2.45) is 0 Å². The standard InChI is InChI=1S/C14H24N2OS/c1-11-8-13(10-16(2)6-7-18-3)17-14(11)9-15-12-4-5-12/h8,12,15H,4-7,9-10H2,1-3H3. The van der Waals surface area contributed by atoms with E-state index in [4.69, 9.17) is 4.42 Å². The summed E-state index contributed by atoms with van der Waals surface area (Å²) >= 11 is 1.88. The number of aryl methyl sites for hydroxylation is 1. The summed E-state index contributed by atoms with van der Waals surface area (Å²) in [6.07, 6.45) is 4.79. The molecule has 0 spiro atoms. The van der Waals surface area contributed by atoms with E-state index in [1.54, 1.807) is 0 Å². The Morgan fingerprint density at radius 3 is 2.94 bits per heavy atom. The van der Waals surface area contributed by atoms with Crippen molar-refractivity contribution in [3.63, 3.8) is 0 Å². The van der Waals surface area contributed by atoms with E-state index in [0.717, 1.165) is 37.2 Å². The Balaban J connectivity index is 1.82. The molecule has 0 amide bonds. The van der Waals surface area contributed by atoms with Gasteiger partial charge in [-0.15, -0.1) is 0 Å². The lowest BCUT2D eigenvalue weighted by molar-refractivity contribution is 0.304. The summed E-state index contributed by atoms with van der Waals surface area (Å²) in [6, 6.07) is 2.92. The van der Waals surface area contributed by atoms with Crippen LogP contribution in [0.5, 0.6) is 0 Å². The van der Waals surface area contributed by atoms with Gasteiger partial charge in [0.05, 0.1) is 13.1 Å². The van der Waals surface area contributed by atoms with Gasteiger partial charge in [-0.3, -0.25) is 4.90 Å². The lowest BCUT2D eigenvalue weighted by atomic mass is 10.2. The SMILES string of the molecule is CSCCN(C)Cc1cc(C)c(CNC2CC2)o1. The molecule has 0 unspecified atom stereocenters. The molecule has 0 atom stereocenters. The Kier molecular flexibility index (Phi) is 5.15. The van der Waals surface area contributed by atoms with Crippen molar-refractivity contribution in [2.75, 3.05) is 25.6 Å². The van der Waals surface area contributed by atoms with Crippen LogP contribution in [-0.2, 0) is 13.1 Å². The lowest BCUT2D eigenvalue weighted by Gasteiger charge is -2.13. The van der Waals surface area contributed by atoms with E-state index in [1.807, 2.05) is 11.8 Å². The molecule has 0 aliphatic heterocycles. The smallest absolute Gasteiger partial charge is 0.120 e. The molecule has 1 heterocycles. The molecule has 1 aliphatic rings. The number of nitrogens with one attached hydrogen (secondary N) is 1. The predicted octanol–water partition coefficient (Wildman–Crippen LogP) is 2.63. The van der Waals surface area contributed by atoms with Gasteiger partial charge in [-0.05, 0) is 44.7 Å². The maximum atomic E-state index is 5.93. The molecule has 1 N–H and O–H groups in total. The molecule has 0 radical (unpaired) electrons. The number of hydrogen-bond donors (Lipinski definition) is 1. The van der Waals surface area contributed by atoms with Crippen molar-refractivity contribution in [3.05, 3.63) is 23.2 Å². The Bertz CT molecular complexity index is 374. The molecular formula is C14H24N2OS. The molecule has 0 saturated heterocycles. The van der Waals surface area contributed by atoms with Crippen LogP contribution in [0.2, 0.25) is 0 Å². The maximum Gasteiger partial charge on any atom is 0.120 e. The zero-order chi connectivity index (χ0) is 13.0. The van der Waals surface area contributed by atoms with Crippen LogP contribution in [0.25, 0.3) is 0 Å². The normalized spacial score (nSPS) is 15.6. The van der Waals surface area contributed by atoms with Gasteiger partial charge in [0.15, 0.2) is 0 Å². The molecule has 102 valence electrons. The summed E-state index contributed by atoms with van der Waals surface area (Å²) in [5.41, 5.74) is 1.27. The maximum absolute atomic E-state index is 5.93. The second-order valence-electron chi connectivity index (χ2n) is 5.20. The van der Waals surface area contributed by atoms with Gasteiger partial charge in [0.25, 0.3) is 0 Å².